The summed E-state index contributed by atoms with van der Waals surface area (Å²) in [6, 6.07) is 5.38. The molecule has 2 aromatic heterocycles. The SMILES string of the molecule is CCCn1cccc1C(=O)Nc1cnc(Cl)c(Br)c1. The maximum absolute atomic E-state index is 12.2. The fraction of sp³-hybridized carbons (Fsp3) is 0.231. The van der Waals surface area contributed by atoms with Crippen molar-refractivity contribution in [1.82, 2.24) is 9.55 Å². The molecule has 2 rings (SSSR count). The third-order valence-electron chi connectivity index (χ3n) is 2.58. The minimum absolute atomic E-state index is 0.158. The van der Waals surface area contributed by atoms with Crippen LogP contribution in [0.2, 0.25) is 5.15 Å². The fourth-order valence-corrected chi connectivity index (χ4v) is 2.19. The molecule has 0 aliphatic heterocycles. The average Bonchev–Trinajstić information content (AvgIpc) is 2.83. The molecule has 2 heterocycles. The number of amides is 1. The van der Waals surface area contributed by atoms with E-state index in [1.807, 2.05) is 16.8 Å². The molecule has 0 aliphatic carbocycles. The number of hydrogen-bond acceptors (Lipinski definition) is 2. The average molecular weight is 343 g/mol. The van der Waals surface area contributed by atoms with Crippen molar-refractivity contribution in [3.05, 3.63) is 45.9 Å². The van der Waals surface area contributed by atoms with Gasteiger partial charge in [-0.3, -0.25) is 4.79 Å². The molecule has 0 fully saturated rings. The van der Waals surface area contributed by atoms with Crippen LogP contribution in [0.25, 0.3) is 0 Å². The van der Waals surface area contributed by atoms with Gasteiger partial charge in [0, 0.05) is 12.7 Å². The summed E-state index contributed by atoms with van der Waals surface area (Å²) in [5.74, 6) is -0.158. The van der Waals surface area contributed by atoms with Crippen LogP contribution in [-0.2, 0) is 6.54 Å². The Morgan fingerprint density at radius 1 is 1.58 bits per heavy atom. The quantitative estimate of drug-likeness (QED) is 0.855. The molecule has 1 amide bonds. The number of aromatic nitrogens is 2. The van der Waals surface area contributed by atoms with Gasteiger partial charge in [0.2, 0.25) is 0 Å². The summed E-state index contributed by atoms with van der Waals surface area (Å²) >= 11 is 9.08. The van der Waals surface area contributed by atoms with Crippen molar-refractivity contribution in [1.29, 1.82) is 0 Å². The summed E-state index contributed by atoms with van der Waals surface area (Å²) in [5, 5.41) is 3.17. The van der Waals surface area contributed by atoms with E-state index in [0.717, 1.165) is 13.0 Å². The largest absolute Gasteiger partial charge is 0.344 e. The van der Waals surface area contributed by atoms with Crippen molar-refractivity contribution in [3.63, 3.8) is 0 Å². The Morgan fingerprint density at radius 3 is 3.05 bits per heavy atom. The molecule has 0 aliphatic rings. The van der Waals surface area contributed by atoms with E-state index in [1.165, 1.54) is 6.20 Å². The van der Waals surface area contributed by atoms with Crippen molar-refractivity contribution in [2.24, 2.45) is 0 Å². The first-order chi connectivity index (χ1) is 9.11. The van der Waals surface area contributed by atoms with Crippen LogP contribution in [-0.4, -0.2) is 15.5 Å². The van der Waals surface area contributed by atoms with Crippen molar-refractivity contribution in [2.75, 3.05) is 5.32 Å². The number of hydrogen-bond donors (Lipinski definition) is 1. The molecular weight excluding hydrogens is 330 g/mol. The van der Waals surface area contributed by atoms with Gasteiger partial charge in [0.05, 0.1) is 16.4 Å². The van der Waals surface area contributed by atoms with Crippen LogP contribution in [0.1, 0.15) is 23.8 Å². The minimum atomic E-state index is -0.158. The highest BCUT2D eigenvalue weighted by atomic mass is 79.9. The first kappa shape index (κ1) is 14.1. The highest BCUT2D eigenvalue weighted by Gasteiger charge is 2.11. The zero-order valence-electron chi connectivity index (χ0n) is 10.4. The Morgan fingerprint density at radius 2 is 2.37 bits per heavy atom. The zero-order valence-corrected chi connectivity index (χ0v) is 12.7. The van der Waals surface area contributed by atoms with Crippen LogP contribution in [0.3, 0.4) is 0 Å². The van der Waals surface area contributed by atoms with Crippen LogP contribution in [0.4, 0.5) is 5.69 Å². The number of nitrogens with one attached hydrogen (secondary N) is 1. The third kappa shape index (κ3) is 3.36. The van der Waals surface area contributed by atoms with E-state index in [2.05, 4.69) is 33.2 Å². The second kappa shape index (κ2) is 6.21. The summed E-state index contributed by atoms with van der Waals surface area (Å²) in [6.07, 6.45) is 4.40. The van der Waals surface area contributed by atoms with E-state index in [1.54, 1.807) is 12.1 Å². The van der Waals surface area contributed by atoms with E-state index in [0.29, 0.717) is 21.0 Å². The molecule has 2 aromatic rings. The molecule has 4 nitrogen and oxygen atoms in total. The molecule has 0 bridgehead atoms. The molecule has 6 heteroatoms. The molecule has 0 saturated carbocycles. The number of nitrogens with zero attached hydrogens (tertiary/aromatic N) is 2. The second-order valence-electron chi connectivity index (χ2n) is 4.04. The first-order valence-corrected chi connectivity index (χ1v) is 7.06. The summed E-state index contributed by atoms with van der Waals surface area (Å²) in [7, 11) is 0. The summed E-state index contributed by atoms with van der Waals surface area (Å²) in [4.78, 5) is 16.1. The molecule has 0 aromatic carbocycles. The Hall–Kier alpha value is -1.33. The van der Waals surface area contributed by atoms with Crippen LogP contribution in [0.5, 0.6) is 0 Å². The fourth-order valence-electron chi connectivity index (χ4n) is 1.74. The lowest BCUT2D eigenvalue weighted by atomic mass is 10.3. The third-order valence-corrected chi connectivity index (χ3v) is 3.71. The Kier molecular flexibility index (Phi) is 4.61. The summed E-state index contributed by atoms with van der Waals surface area (Å²) < 4.78 is 2.57. The van der Waals surface area contributed by atoms with Gasteiger partial charge in [0.15, 0.2) is 0 Å². The summed E-state index contributed by atoms with van der Waals surface area (Å²) in [6.45, 7) is 2.89. The van der Waals surface area contributed by atoms with Gasteiger partial charge >= 0.3 is 0 Å². The van der Waals surface area contributed by atoms with E-state index in [4.69, 9.17) is 11.6 Å². The number of halogens is 2. The van der Waals surface area contributed by atoms with E-state index < -0.39 is 0 Å². The predicted molar refractivity (Wildman–Crippen MR) is 79.6 cm³/mol. The lowest BCUT2D eigenvalue weighted by Crippen LogP contribution is -2.16. The highest BCUT2D eigenvalue weighted by molar-refractivity contribution is 9.10. The van der Waals surface area contributed by atoms with Gasteiger partial charge in [-0.05, 0) is 40.5 Å². The predicted octanol–water partition coefficient (Wildman–Crippen LogP) is 3.96. The molecule has 0 unspecified atom stereocenters. The molecule has 0 spiro atoms. The van der Waals surface area contributed by atoms with E-state index in [-0.39, 0.29) is 5.91 Å². The van der Waals surface area contributed by atoms with Gasteiger partial charge in [-0.1, -0.05) is 18.5 Å². The molecule has 19 heavy (non-hydrogen) atoms. The first-order valence-electron chi connectivity index (χ1n) is 5.89. The van der Waals surface area contributed by atoms with Crippen molar-refractivity contribution in [3.8, 4) is 0 Å². The summed E-state index contributed by atoms with van der Waals surface area (Å²) in [5.41, 5.74) is 1.23. The minimum Gasteiger partial charge on any atom is -0.344 e. The monoisotopic (exact) mass is 341 g/mol. The van der Waals surface area contributed by atoms with Crippen molar-refractivity contribution < 1.29 is 4.79 Å². The lowest BCUT2D eigenvalue weighted by Gasteiger charge is -2.09. The highest BCUT2D eigenvalue weighted by Crippen LogP contribution is 2.23. The number of carbonyl (C=O) groups excluding carboxylic acids is 1. The Labute approximate surface area is 124 Å². The molecule has 0 radical (unpaired) electrons. The number of aryl methyl sites for hydroxylation is 1. The van der Waals surface area contributed by atoms with E-state index >= 15 is 0 Å². The van der Waals surface area contributed by atoms with Gasteiger partial charge in [-0.25, -0.2) is 4.98 Å². The Bertz CT molecular complexity index is 597. The molecule has 0 saturated heterocycles. The van der Waals surface area contributed by atoms with Crippen LogP contribution >= 0.6 is 27.5 Å². The van der Waals surface area contributed by atoms with Gasteiger partial charge in [-0.2, -0.15) is 0 Å². The van der Waals surface area contributed by atoms with Gasteiger partial charge in [0.25, 0.3) is 5.91 Å². The lowest BCUT2D eigenvalue weighted by molar-refractivity contribution is 0.101. The maximum Gasteiger partial charge on any atom is 0.272 e. The normalized spacial score (nSPS) is 10.5. The van der Waals surface area contributed by atoms with Crippen LogP contribution in [0.15, 0.2) is 35.1 Å². The number of carbonyl (C=O) groups is 1. The topological polar surface area (TPSA) is 46.9 Å². The van der Waals surface area contributed by atoms with E-state index in [9.17, 15) is 4.79 Å². The zero-order chi connectivity index (χ0) is 13.8. The standard InChI is InChI=1S/C13H13BrClN3O/c1-2-5-18-6-3-4-11(18)13(19)17-9-7-10(14)12(15)16-8-9/h3-4,6-8H,2,5H2,1H3,(H,17,19). The second-order valence-corrected chi connectivity index (χ2v) is 5.25. The van der Waals surface area contributed by atoms with Gasteiger partial charge in [0.1, 0.15) is 10.8 Å². The maximum atomic E-state index is 12.2. The Balaban J connectivity index is 2.16. The van der Waals surface area contributed by atoms with Gasteiger partial charge in [-0.15, -0.1) is 0 Å². The van der Waals surface area contributed by atoms with Crippen molar-refractivity contribution in [2.45, 2.75) is 19.9 Å². The molecule has 1 N–H and O–H groups in total. The van der Waals surface area contributed by atoms with Gasteiger partial charge < -0.3 is 9.88 Å². The number of rotatable bonds is 4. The molecule has 0 atom stereocenters. The molecular formula is C13H13BrClN3O. The molecule has 100 valence electrons. The van der Waals surface area contributed by atoms with Crippen LogP contribution in [0, 0.1) is 0 Å². The number of anilines is 1. The number of pyridine rings is 1. The van der Waals surface area contributed by atoms with Crippen LogP contribution < -0.4 is 5.32 Å². The van der Waals surface area contributed by atoms with Crippen molar-refractivity contribution >= 4 is 39.1 Å². The smallest absolute Gasteiger partial charge is 0.272 e.